The number of nitrogens with zero attached hydrogens (tertiary/aromatic N) is 1. The summed E-state index contributed by atoms with van der Waals surface area (Å²) in [6.45, 7) is 3.48. The predicted octanol–water partition coefficient (Wildman–Crippen LogP) is 1.80. The number of amides is 1. The molecule has 0 saturated carbocycles. The standard InChI is InChI=1S/C16H22N2O2.ClH/c19-16(18-9-7-17-8-10-18)12-20-15-6-5-13-3-1-2-4-14(13)11-15;/h5-6,11,17H,1-4,7-10,12H2;1H. The smallest absolute Gasteiger partial charge is 0.260 e. The highest BCUT2D eigenvalue weighted by molar-refractivity contribution is 5.85. The fourth-order valence-electron chi connectivity index (χ4n) is 2.95. The van der Waals surface area contributed by atoms with Crippen LogP contribution in [-0.4, -0.2) is 43.6 Å². The van der Waals surface area contributed by atoms with Crippen molar-refractivity contribution in [3.63, 3.8) is 0 Å². The van der Waals surface area contributed by atoms with E-state index in [2.05, 4.69) is 17.4 Å². The van der Waals surface area contributed by atoms with Gasteiger partial charge in [-0.2, -0.15) is 0 Å². The number of carbonyl (C=O) groups excluding carboxylic acids is 1. The average molecular weight is 311 g/mol. The molecule has 21 heavy (non-hydrogen) atoms. The lowest BCUT2D eigenvalue weighted by atomic mass is 9.92. The Bertz CT molecular complexity index is 487. The molecular weight excluding hydrogens is 288 g/mol. The van der Waals surface area contributed by atoms with Crippen molar-refractivity contribution in [2.24, 2.45) is 0 Å². The molecule has 0 unspecified atom stereocenters. The van der Waals surface area contributed by atoms with E-state index in [1.165, 1.54) is 30.4 Å². The molecule has 1 aliphatic carbocycles. The van der Waals surface area contributed by atoms with Gasteiger partial charge in [0, 0.05) is 26.2 Å². The van der Waals surface area contributed by atoms with Crippen molar-refractivity contribution in [2.45, 2.75) is 25.7 Å². The van der Waals surface area contributed by atoms with E-state index < -0.39 is 0 Å². The Morgan fingerprint density at radius 2 is 1.86 bits per heavy atom. The molecule has 0 bridgehead atoms. The lowest BCUT2D eigenvalue weighted by Crippen LogP contribution is -2.47. The van der Waals surface area contributed by atoms with Gasteiger partial charge in [0.1, 0.15) is 5.75 Å². The van der Waals surface area contributed by atoms with Gasteiger partial charge < -0.3 is 15.0 Å². The van der Waals surface area contributed by atoms with E-state index in [1.54, 1.807) is 0 Å². The van der Waals surface area contributed by atoms with Crippen LogP contribution >= 0.6 is 12.4 Å². The lowest BCUT2D eigenvalue weighted by molar-refractivity contribution is -0.133. The summed E-state index contributed by atoms with van der Waals surface area (Å²) in [6.07, 6.45) is 4.86. The highest BCUT2D eigenvalue weighted by Crippen LogP contribution is 2.25. The van der Waals surface area contributed by atoms with Gasteiger partial charge >= 0.3 is 0 Å². The number of aryl methyl sites for hydroxylation is 2. The van der Waals surface area contributed by atoms with Gasteiger partial charge in [0.05, 0.1) is 0 Å². The van der Waals surface area contributed by atoms with Crippen LogP contribution in [0.5, 0.6) is 5.75 Å². The number of hydrogen-bond acceptors (Lipinski definition) is 3. The Morgan fingerprint density at radius 3 is 2.62 bits per heavy atom. The van der Waals surface area contributed by atoms with Crippen molar-refractivity contribution in [3.05, 3.63) is 29.3 Å². The fourth-order valence-corrected chi connectivity index (χ4v) is 2.95. The van der Waals surface area contributed by atoms with Crippen LogP contribution in [0.1, 0.15) is 24.0 Å². The van der Waals surface area contributed by atoms with Crippen LogP contribution in [0.15, 0.2) is 18.2 Å². The van der Waals surface area contributed by atoms with Crippen molar-refractivity contribution in [1.82, 2.24) is 10.2 Å². The molecule has 2 aliphatic rings. The number of ether oxygens (including phenoxy) is 1. The molecule has 0 radical (unpaired) electrons. The summed E-state index contributed by atoms with van der Waals surface area (Å²) in [5.41, 5.74) is 2.83. The molecule has 3 rings (SSSR count). The maximum atomic E-state index is 12.0. The van der Waals surface area contributed by atoms with Crippen molar-refractivity contribution in [1.29, 1.82) is 0 Å². The SMILES string of the molecule is Cl.O=C(COc1ccc2c(c1)CCCC2)N1CCNCC1. The Morgan fingerprint density at radius 1 is 1.14 bits per heavy atom. The van der Waals surface area contributed by atoms with Gasteiger partial charge in [-0.05, 0) is 48.9 Å². The van der Waals surface area contributed by atoms with E-state index in [4.69, 9.17) is 4.74 Å². The second-order valence-electron chi connectivity index (χ2n) is 5.56. The third-order valence-corrected chi connectivity index (χ3v) is 4.15. The molecule has 1 fully saturated rings. The first-order valence-corrected chi connectivity index (χ1v) is 7.56. The molecule has 1 aromatic carbocycles. The zero-order valence-corrected chi connectivity index (χ0v) is 13.1. The minimum absolute atomic E-state index is 0. The molecule has 0 spiro atoms. The van der Waals surface area contributed by atoms with E-state index in [0.717, 1.165) is 38.3 Å². The minimum atomic E-state index is 0. The summed E-state index contributed by atoms with van der Waals surface area (Å²) >= 11 is 0. The number of fused-ring (bicyclic) bond motifs is 1. The zero-order chi connectivity index (χ0) is 13.8. The minimum Gasteiger partial charge on any atom is -0.484 e. The highest BCUT2D eigenvalue weighted by Gasteiger charge is 2.17. The Hall–Kier alpha value is -1.26. The number of nitrogens with one attached hydrogen (secondary N) is 1. The molecule has 116 valence electrons. The molecule has 4 nitrogen and oxygen atoms in total. The van der Waals surface area contributed by atoms with Crippen molar-refractivity contribution >= 4 is 18.3 Å². The topological polar surface area (TPSA) is 41.6 Å². The van der Waals surface area contributed by atoms with E-state index >= 15 is 0 Å². The van der Waals surface area contributed by atoms with Crippen LogP contribution in [0.25, 0.3) is 0 Å². The van der Waals surface area contributed by atoms with Gasteiger partial charge in [0.15, 0.2) is 6.61 Å². The van der Waals surface area contributed by atoms with Crippen LogP contribution in [0, 0.1) is 0 Å². The van der Waals surface area contributed by atoms with Gasteiger partial charge in [0.25, 0.3) is 5.91 Å². The average Bonchev–Trinajstić information content (AvgIpc) is 2.53. The first-order valence-electron chi connectivity index (χ1n) is 7.56. The first-order chi connectivity index (χ1) is 9.83. The van der Waals surface area contributed by atoms with E-state index in [9.17, 15) is 4.79 Å². The number of rotatable bonds is 3. The quantitative estimate of drug-likeness (QED) is 0.925. The lowest BCUT2D eigenvalue weighted by Gasteiger charge is -2.27. The molecule has 0 aromatic heterocycles. The summed E-state index contributed by atoms with van der Waals surface area (Å²) in [5.74, 6) is 0.915. The van der Waals surface area contributed by atoms with Crippen LogP contribution < -0.4 is 10.1 Å². The maximum absolute atomic E-state index is 12.0. The van der Waals surface area contributed by atoms with Crippen molar-refractivity contribution in [3.8, 4) is 5.75 Å². The summed E-state index contributed by atoms with van der Waals surface area (Å²) in [4.78, 5) is 13.9. The molecule has 1 heterocycles. The Kier molecular flexibility index (Phi) is 5.88. The number of halogens is 1. The largest absolute Gasteiger partial charge is 0.484 e. The van der Waals surface area contributed by atoms with E-state index in [1.807, 2.05) is 11.0 Å². The zero-order valence-electron chi connectivity index (χ0n) is 12.3. The molecule has 0 atom stereocenters. The summed E-state index contributed by atoms with van der Waals surface area (Å²) in [5, 5.41) is 3.24. The third-order valence-electron chi connectivity index (χ3n) is 4.15. The fraction of sp³-hybridized carbons (Fsp3) is 0.562. The molecule has 1 saturated heterocycles. The first kappa shape index (κ1) is 16.1. The Balaban J connectivity index is 0.00000161. The molecule has 1 N–H and O–H groups in total. The second kappa shape index (κ2) is 7.66. The molecule has 1 amide bonds. The van der Waals surface area contributed by atoms with Crippen molar-refractivity contribution in [2.75, 3.05) is 32.8 Å². The van der Waals surface area contributed by atoms with Crippen LogP contribution in [0.4, 0.5) is 0 Å². The third kappa shape index (κ3) is 4.11. The molecule has 5 heteroatoms. The normalized spacial score (nSPS) is 17.6. The van der Waals surface area contributed by atoms with Crippen LogP contribution in [0.2, 0.25) is 0 Å². The molecule has 1 aliphatic heterocycles. The summed E-state index contributed by atoms with van der Waals surface area (Å²) in [7, 11) is 0. The summed E-state index contributed by atoms with van der Waals surface area (Å²) < 4.78 is 5.68. The number of benzene rings is 1. The maximum Gasteiger partial charge on any atom is 0.260 e. The highest BCUT2D eigenvalue weighted by atomic mass is 35.5. The number of carbonyl (C=O) groups is 1. The van der Waals surface area contributed by atoms with Gasteiger partial charge in [-0.15, -0.1) is 12.4 Å². The second-order valence-corrected chi connectivity index (χ2v) is 5.56. The van der Waals surface area contributed by atoms with Crippen LogP contribution in [0.3, 0.4) is 0 Å². The van der Waals surface area contributed by atoms with E-state index in [0.29, 0.717) is 0 Å². The van der Waals surface area contributed by atoms with Gasteiger partial charge in [0.2, 0.25) is 0 Å². The van der Waals surface area contributed by atoms with Gasteiger partial charge in [-0.25, -0.2) is 0 Å². The summed E-state index contributed by atoms with van der Waals surface area (Å²) in [6, 6.07) is 6.26. The number of hydrogen-bond donors (Lipinski definition) is 1. The number of piperazine rings is 1. The van der Waals surface area contributed by atoms with Crippen molar-refractivity contribution < 1.29 is 9.53 Å². The Labute approximate surface area is 132 Å². The van der Waals surface area contributed by atoms with Crippen LogP contribution in [-0.2, 0) is 17.6 Å². The van der Waals surface area contributed by atoms with Gasteiger partial charge in [-0.1, -0.05) is 6.07 Å². The predicted molar refractivity (Wildman–Crippen MR) is 85.3 cm³/mol. The van der Waals surface area contributed by atoms with E-state index in [-0.39, 0.29) is 24.9 Å². The molecule has 1 aromatic rings. The van der Waals surface area contributed by atoms with Gasteiger partial charge in [-0.3, -0.25) is 4.79 Å². The monoisotopic (exact) mass is 310 g/mol. The molecular formula is C16H23ClN2O2.